The van der Waals surface area contributed by atoms with Gasteiger partial charge in [0.1, 0.15) is 0 Å². The summed E-state index contributed by atoms with van der Waals surface area (Å²) in [6.07, 6.45) is 4.31. The van der Waals surface area contributed by atoms with Crippen molar-refractivity contribution in [2.24, 2.45) is 47.3 Å². The summed E-state index contributed by atoms with van der Waals surface area (Å²) in [5.74, 6) is 8.08. The predicted octanol–water partition coefficient (Wildman–Crippen LogP) is 5.23. The van der Waals surface area contributed by atoms with Crippen LogP contribution in [0.15, 0.2) is 0 Å². The lowest BCUT2D eigenvalue weighted by Gasteiger charge is -2.48. The highest BCUT2D eigenvalue weighted by Gasteiger charge is 2.51. The molecule has 2 fully saturated rings. The molecule has 2 aliphatic carbocycles. The van der Waals surface area contributed by atoms with Gasteiger partial charge in [0.05, 0.1) is 0 Å². The molecule has 0 spiro atoms. The summed E-state index contributed by atoms with van der Waals surface area (Å²) in [6, 6.07) is 0. The van der Waals surface area contributed by atoms with Gasteiger partial charge in [-0.3, -0.25) is 0 Å². The van der Waals surface area contributed by atoms with E-state index in [4.69, 9.17) is 0 Å². The normalized spacial score (nSPS) is 48.4. The van der Waals surface area contributed by atoms with Crippen LogP contribution in [0.4, 0.5) is 0 Å². The van der Waals surface area contributed by atoms with Gasteiger partial charge in [-0.25, -0.2) is 0 Å². The van der Waals surface area contributed by atoms with Crippen LogP contribution in [-0.2, 0) is 0 Å². The highest BCUT2D eigenvalue weighted by molar-refractivity contribution is 5.00. The molecule has 0 aromatic heterocycles. The quantitative estimate of drug-likeness (QED) is 0.613. The molecule has 0 aliphatic heterocycles. The molecule has 0 radical (unpaired) electrons. The Morgan fingerprint density at radius 3 is 1.94 bits per heavy atom. The molecule has 100 valence electrons. The Balaban J connectivity index is 1.90. The zero-order valence-electron chi connectivity index (χ0n) is 12.7. The Morgan fingerprint density at radius 1 is 0.941 bits per heavy atom. The van der Waals surface area contributed by atoms with Gasteiger partial charge in [-0.15, -0.1) is 0 Å². The van der Waals surface area contributed by atoms with E-state index in [9.17, 15) is 0 Å². The smallest absolute Gasteiger partial charge is 0.0326 e. The Bertz CT molecular complexity index is 257. The van der Waals surface area contributed by atoms with E-state index in [0.717, 1.165) is 47.3 Å². The van der Waals surface area contributed by atoms with Crippen molar-refractivity contribution in [2.75, 3.05) is 0 Å². The second-order valence-electron chi connectivity index (χ2n) is 7.18. The standard InChI is InChI=1S/C17H32/c1-7-14-10(3)9-16(14)11(4)12(5)17-13(6)15(17)8-2/h10-17H,7-9H2,1-6H3. The first kappa shape index (κ1) is 13.4. The highest BCUT2D eigenvalue weighted by atomic mass is 14.6. The molecular weight excluding hydrogens is 204 g/mol. The third kappa shape index (κ3) is 2.17. The van der Waals surface area contributed by atoms with Gasteiger partial charge in [-0.05, 0) is 53.8 Å². The van der Waals surface area contributed by atoms with Gasteiger partial charge in [0.25, 0.3) is 0 Å². The van der Waals surface area contributed by atoms with E-state index in [1.807, 2.05) is 0 Å². The second-order valence-corrected chi connectivity index (χ2v) is 7.18. The van der Waals surface area contributed by atoms with Crippen molar-refractivity contribution in [2.45, 2.75) is 60.8 Å². The molecule has 0 heteroatoms. The van der Waals surface area contributed by atoms with Crippen molar-refractivity contribution in [3.8, 4) is 0 Å². The maximum absolute atomic E-state index is 2.54. The van der Waals surface area contributed by atoms with E-state index in [0.29, 0.717) is 0 Å². The summed E-state index contributed by atoms with van der Waals surface area (Å²) in [6.45, 7) is 14.8. The summed E-state index contributed by atoms with van der Waals surface area (Å²) >= 11 is 0. The van der Waals surface area contributed by atoms with Gasteiger partial charge in [0.15, 0.2) is 0 Å². The maximum Gasteiger partial charge on any atom is -0.0326 e. The molecule has 0 bridgehead atoms. The minimum Gasteiger partial charge on any atom is -0.0651 e. The first-order chi connectivity index (χ1) is 8.02. The Morgan fingerprint density at radius 2 is 1.53 bits per heavy atom. The monoisotopic (exact) mass is 236 g/mol. The van der Waals surface area contributed by atoms with Crippen LogP contribution in [0, 0.1) is 47.3 Å². The van der Waals surface area contributed by atoms with Crippen LogP contribution in [-0.4, -0.2) is 0 Å². The van der Waals surface area contributed by atoms with Gasteiger partial charge in [0.2, 0.25) is 0 Å². The van der Waals surface area contributed by atoms with Gasteiger partial charge in [0, 0.05) is 0 Å². The Kier molecular flexibility index (Phi) is 3.90. The fourth-order valence-electron chi connectivity index (χ4n) is 5.15. The van der Waals surface area contributed by atoms with E-state index >= 15 is 0 Å². The zero-order chi connectivity index (χ0) is 12.7. The molecule has 8 atom stereocenters. The molecule has 0 N–H and O–H groups in total. The summed E-state index contributed by atoms with van der Waals surface area (Å²) in [4.78, 5) is 0. The Labute approximate surface area is 109 Å². The largest absolute Gasteiger partial charge is 0.0651 e. The zero-order valence-corrected chi connectivity index (χ0v) is 12.7. The van der Waals surface area contributed by atoms with Crippen LogP contribution >= 0.6 is 0 Å². The fraction of sp³-hybridized carbons (Fsp3) is 1.00. The third-order valence-corrected chi connectivity index (χ3v) is 6.62. The SMILES string of the molecule is CCC1C(C)CC1C(C)C(C)C1C(C)C1CC. The molecule has 0 saturated heterocycles. The van der Waals surface area contributed by atoms with E-state index in [1.54, 1.807) is 0 Å². The third-order valence-electron chi connectivity index (χ3n) is 6.62. The predicted molar refractivity (Wildman–Crippen MR) is 75.8 cm³/mol. The van der Waals surface area contributed by atoms with E-state index in [1.165, 1.54) is 19.3 Å². The highest BCUT2D eigenvalue weighted by Crippen LogP contribution is 2.58. The number of hydrogen-bond acceptors (Lipinski definition) is 0. The van der Waals surface area contributed by atoms with Crippen LogP contribution in [0.5, 0.6) is 0 Å². The molecule has 0 amide bonds. The first-order valence-electron chi connectivity index (χ1n) is 8.02. The summed E-state index contributed by atoms with van der Waals surface area (Å²) in [5, 5.41) is 0. The summed E-state index contributed by atoms with van der Waals surface area (Å²) in [5.41, 5.74) is 0. The van der Waals surface area contributed by atoms with Gasteiger partial charge < -0.3 is 0 Å². The number of rotatable bonds is 5. The van der Waals surface area contributed by atoms with Crippen molar-refractivity contribution in [3.05, 3.63) is 0 Å². The molecule has 8 unspecified atom stereocenters. The molecule has 2 aliphatic rings. The van der Waals surface area contributed by atoms with Crippen molar-refractivity contribution in [3.63, 3.8) is 0 Å². The molecule has 0 heterocycles. The molecule has 2 rings (SSSR count). The summed E-state index contributed by atoms with van der Waals surface area (Å²) < 4.78 is 0. The van der Waals surface area contributed by atoms with Gasteiger partial charge in [-0.2, -0.15) is 0 Å². The summed E-state index contributed by atoms with van der Waals surface area (Å²) in [7, 11) is 0. The molecule has 2 saturated carbocycles. The second kappa shape index (κ2) is 4.94. The number of hydrogen-bond donors (Lipinski definition) is 0. The maximum atomic E-state index is 2.54. The molecule has 0 nitrogen and oxygen atoms in total. The van der Waals surface area contributed by atoms with Gasteiger partial charge >= 0.3 is 0 Å². The van der Waals surface area contributed by atoms with Crippen molar-refractivity contribution >= 4 is 0 Å². The van der Waals surface area contributed by atoms with Crippen LogP contribution in [0.2, 0.25) is 0 Å². The van der Waals surface area contributed by atoms with Crippen molar-refractivity contribution in [1.29, 1.82) is 0 Å². The molecule has 0 aromatic rings. The van der Waals surface area contributed by atoms with E-state index in [-0.39, 0.29) is 0 Å². The molecule has 17 heavy (non-hydrogen) atoms. The average molecular weight is 236 g/mol. The van der Waals surface area contributed by atoms with E-state index in [2.05, 4.69) is 41.5 Å². The average Bonchev–Trinajstić information content (AvgIpc) is 2.95. The van der Waals surface area contributed by atoms with Crippen molar-refractivity contribution in [1.82, 2.24) is 0 Å². The van der Waals surface area contributed by atoms with E-state index < -0.39 is 0 Å². The lowest BCUT2D eigenvalue weighted by Crippen LogP contribution is -2.41. The fourth-order valence-corrected chi connectivity index (χ4v) is 5.15. The molecular formula is C17H32. The van der Waals surface area contributed by atoms with Crippen LogP contribution < -0.4 is 0 Å². The molecule has 0 aromatic carbocycles. The first-order valence-corrected chi connectivity index (χ1v) is 8.02. The topological polar surface area (TPSA) is 0 Å². The van der Waals surface area contributed by atoms with Crippen LogP contribution in [0.25, 0.3) is 0 Å². The lowest BCUT2D eigenvalue weighted by molar-refractivity contribution is 0.0115. The minimum atomic E-state index is 0.958. The minimum absolute atomic E-state index is 0.958. The lowest BCUT2D eigenvalue weighted by atomic mass is 9.57. The Hall–Kier alpha value is 0. The van der Waals surface area contributed by atoms with Crippen molar-refractivity contribution < 1.29 is 0 Å². The van der Waals surface area contributed by atoms with Crippen LogP contribution in [0.3, 0.4) is 0 Å². The van der Waals surface area contributed by atoms with Gasteiger partial charge in [-0.1, -0.05) is 54.4 Å². The van der Waals surface area contributed by atoms with Crippen LogP contribution in [0.1, 0.15) is 60.8 Å².